The number of piperidine rings is 2. The molecule has 0 aromatic heterocycles. The van der Waals surface area contributed by atoms with Gasteiger partial charge in [-0.05, 0) is 39.2 Å². The molecule has 2 aliphatic rings. The maximum atomic E-state index is 12.2. The van der Waals surface area contributed by atoms with Gasteiger partial charge in [-0.25, -0.2) is 0 Å². The van der Waals surface area contributed by atoms with Crippen LogP contribution in [0.4, 0.5) is 0 Å². The van der Waals surface area contributed by atoms with Crippen molar-refractivity contribution in [2.75, 3.05) is 26.2 Å². The highest BCUT2D eigenvalue weighted by Gasteiger charge is 2.34. The molecule has 92 valence electrons. The second kappa shape index (κ2) is 4.72. The van der Waals surface area contributed by atoms with Gasteiger partial charge in [-0.3, -0.25) is 4.79 Å². The molecule has 1 amide bonds. The average molecular weight is 226 g/mol. The molecule has 2 saturated heterocycles. The first-order chi connectivity index (χ1) is 7.58. The summed E-state index contributed by atoms with van der Waals surface area (Å²) in [7, 11) is 0. The second-order valence-corrected chi connectivity index (χ2v) is 5.40. The molecule has 4 heteroatoms. The van der Waals surface area contributed by atoms with Crippen LogP contribution in [0.5, 0.6) is 0 Å². The van der Waals surface area contributed by atoms with Crippen LogP contribution in [0.15, 0.2) is 0 Å². The van der Waals surface area contributed by atoms with Gasteiger partial charge in [0, 0.05) is 19.6 Å². The summed E-state index contributed by atoms with van der Waals surface area (Å²) >= 11 is 0. The van der Waals surface area contributed by atoms with Gasteiger partial charge in [0.25, 0.3) is 0 Å². The number of nitrogens with zero attached hydrogens (tertiary/aromatic N) is 1. The van der Waals surface area contributed by atoms with Gasteiger partial charge in [-0.2, -0.15) is 0 Å². The van der Waals surface area contributed by atoms with Crippen molar-refractivity contribution in [3.8, 4) is 0 Å². The van der Waals surface area contributed by atoms with Crippen molar-refractivity contribution in [3.63, 3.8) is 0 Å². The van der Waals surface area contributed by atoms with E-state index in [9.17, 15) is 9.90 Å². The molecule has 0 radical (unpaired) electrons. The van der Waals surface area contributed by atoms with Crippen LogP contribution < -0.4 is 5.32 Å². The molecule has 16 heavy (non-hydrogen) atoms. The van der Waals surface area contributed by atoms with Gasteiger partial charge < -0.3 is 15.3 Å². The van der Waals surface area contributed by atoms with Crippen LogP contribution in [0.2, 0.25) is 0 Å². The first-order valence-corrected chi connectivity index (χ1v) is 6.30. The smallest absolute Gasteiger partial charge is 0.227 e. The minimum absolute atomic E-state index is 0.127. The van der Waals surface area contributed by atoms with Gasteiger partial charge in [0.2, 0.25) is 5.91 Å². The second-order valence-electron chi connectivity index (χ2n) is 5.40. The Bertz CT molecular complexity index is 260. The zero-order valence-corrected chi connectivity index (χ0v) is 10.0. The average Bonchev–Trinajstić information content (AvgIpc) is 2.28. The lowest BCUT2D eigenvalue weighted by Gasteiger charge is -2.39. The van der Waals surface area contributed by atoms with Crippen molar-refractivity contribution in [2.24, 2.45) is 5.92 Å². The molecule has 0 aromatic rings. The monoisotopic (exact) mass is 226 g/mol. The summed E-state index contributed by atoms with van der Waals surface area (Å²) in [5.74, 6) is 0.356. The van der Waals surface area contributed by atoms with E-state index in [0.29, 0.717) is 6.54 Å². The number of amides is 1. The predicted molar refractivity (Wildman–Crippen MR) is 62.0 cm³/mol. The van der Waals surface area contributed by atoms with Crippen molar-refractivity contribution in [1.82, 2.24) is 10.2 Å². The van der Waals surface area contributed by atoms with Crippen LogP contribution in [0.1, 0.15) is 32.6 Å². The van der Waals surface area contributed by atoms with Gasteiger partial charge in [0.15, 0.2) is 0 Å². The molecule has 2 rings (SSSR count). The fourth-order valence-electron chi connectivity index (χ4n) is 2.73. The number of hydrogen-bond acceptors (Lipinski definition) is 3. The molecular weight excluding hydrogens is 204 g/mol. The van der Waals surface area contributed by atoms with Gasteiger partial charge in [-0.1, -0.05) is 0 Å². The van der Waals surface area contributed by atoms with E-state index in [-0.39, 0.29) is 11.8 Å². The number of likely N-dealkylation sites (tertiary alicyclic amines) is 1. The highest BCUT2D eigenvalue weighted by Crippen LogP contribution is 2.23. The van der Waals surface area contributed by atoms with Crippen LogP contribution in [0.25, 0.3) is 0 Å². The molecule has 2 aliphatic heterocycles. The summed E-state index contributed by atoms with van der Waals surface area (Å²) in [4.78, 5) is 14.1. The fraction of sp³-hybridized carbons (Fsp3) is 0.917. The van der Waals surface area contributed by atoms with Crippen LogP contribution in [0.3, 0.4) is 0 Å². The maximum absolute atomic E-state index is 12.2. The van der Waals surface area contributed by atoms with E-state index in [4.69, 9.17) is 0 Å². The maximum Gasteiger partial charge on any atom is 0.227 e. The highest BCUT2D eigenvalue weighted by molar-refractivity contribution is 5.79. The Kier molecular flexibility index (Phi) is 3.50. The lowest BCUT2D eigenvalue weighted by Crippen LogP contribution is -2.52. The summed E-state index contributed by atoms with van der Waals surface area (Å²) < 4.78 is 0. The van der Waals surface area contributed by atoms with E-state index in [0.717, 1.165) is 45.3 Å². The van der Waals surface area contributed by atoms with E-state index in [1.165, 1.54) is 0 Å². The third kappa shape index (κ3) is 2.74. The fourth-order valence-corrected chi connectivity index (χ4v) is 2.73. The first-order valence-electron chi connectivity index (χ1n) is 6.30. The van der Waals surface area contributed by atoms with Gasteiger partial charge in [0.1, 0.15) is 0 Å². The predicted octanol–water partition coefficient (Wildman–Crippen LogP) is 0.359. The molecule has 0 spiro atoms. The van der Waals surface area contributed by atoms with E-state index in [2.05, 4.69) is 5.32 Å². The quantitative estimate of drug-likeness (QED) is 0.679. The lowest BCUT2D eigenvalue weighted by atomic mass is 9.92. The summed E-state index contributed by atoms with van der Waals surface area (Å²) in [5, 5.41) is 13.2. The molecule has 2 fully saturated rings. The number of aliphatic hydroxyl groups is 1. The zero-order valence-electron chi connectivity index (χ0n) is 10.0. The Hall–Kier alpha value is -0.610. The third-order valence-electron chi connectivity index (χ3n) is 3.63. The van der Waals surface area contributed by atoms with Crippen molar-refractivity contribution < 1.29 is 9.90 Å². The van der Waals surface area contributed by atoms with E-state index in [1.807, 2.05) is 11.8 Å². The van der Waals surface area contributed by atoms with Crippen molar-refractivity contribution in [3.05, 3.63) is 0 Å². The SMILES string of the molecule is CC1(O)CCCN(C(=O)[C@@H]2CCCNC2)C1. The number of rotatable bonds is 1. The summed E-state index contributed by atoms with van der Waals surface area (Å²) in [5.41, 5.74) is -0.685. The van der Waals surface area contributed by atoms with Crippen LogP contribution in [-0.4, -0.2) is 47.7 Å². The van der Waals surface area contributed by atoms with Crippen molar-refractivity contribution in [2.45, 2.75) is 38.2 Å². The molecule has 0 saturated carbocycles. The van der Waals surface area contributed by atoms with Gasteiger partial charge in [-0.15, -0.1) is 0 Å². The number of carbonyl (C=O) groups excluding carboxylic acids is 1. The minimum atomic E-state index is -0.685. The molecule has 2 N–H and O–H groups in total. The van der Waals surface area contributed by atoms with E-state index >= 15 is 0 Å². The van der Waals surface area contributed by atoms with Gasteiger partial charge in [0.05, 0.1) is 11.5 Å². The molecule has 0 aliphatic carbocycles. The van der Waals surface area contributed by atoms with Crippen LogP contribution in [-0.2, 0) is 4.79 Å². The molecule has 1 unspecified atom stereocenters. The third-order valence-corrected chi connectivity index (χ3v) is 3.63. The van der Waals surface area contributed by atoms with Crippen molar-refractivity contribution in [1.29, 1.82) is 0 Å². The normalized spacial score (nSPS) is 36.1. The largest absolute Gasteiger partial charge is 0.388 e. The highest BCUT2D eigenvalue weighted by atomic mass is 16.3. The number of nitrogens with one attached hydrogen (secondary N) is 1. The Morgan fingerprint density at radius 1 is 1.50 bits per heavy atom. The van der Waals surface area contributed by atoms with E-state index < -0.39 is 5.60 Å². The Balaban J connectivity index is 1.93. The molecule has 2 heterocycles. The molecule has 4 nitrogen and oxygen atoms in total. The Morgan fingerprint density at radius 2 is 2.31 bits per heavy atom. The minimum Gasteiger partial charge on any atom is -0.388 e. The molecule has 0 aromatic carbocycles. The van der Waals surface area contributed by atoms with E-state index in [1.54, 1.807) is 0 Å². The van der Waals surface area contributed by atoms with Crippen molar-refractivity contribution >= 4 is 5.91 Å². The summed E-state index contributed by atoms with van der Waals surface area (Å²) in [6.07, 6.45) is 3.80. The Morgan fingerprint density at radius 3 is 2.94 bits per heavy atom. The Labute approximate surface area is 97.0 Å². The molecule has 0 bridgehead atoms. The van der Waals surface area contributed by atoms with Crippen LogP contribution >= 0.6 is 0 Å². The number of carbonyl (C=O) groups is 1. The summed E-state index contributed by atoms with van der Waals surface area (Å²) in [6.45, 7) is 4.97. The number of β-amino-alcohol motifs (C(OH)–C–C–N with tert-alkyl or cyclic N) is 1. The first kappa shape index (κ1) is 11.9. The number of hydrogen-bond donors (Lipinski definition) is 2. The standard InChI is InChI=1S/C12H22N2O2/c1-12(16)5-3-7-14(9-12)11(15)10-4-2-6-13-8-10/h10,13,16H,2-9H2,1H3/t10-,12?/m1/s1. The molecule has 2 atom stereocenters. The van der Waals surface area contributed by atoms with Gasteiger partial charge >= 0.3 is 0 Å². The summed E-state index contributed by atoms with van der Waals surface area (Å²) in [6, 6.07) is 0. The molecular formula is C12H22N2O2. The van der Waals surface area contributed by atoms with Crippen LogP contribution in [0, 0.1) is 5.92 Å². The zero-order chi connectivity index (χ0) is 11.6. The topological polar surface area (TPSA) is 52.6 Å². The lowest BCUT2D eigenvalue weighted by molar-refractivity contribution is -0.142.